The van der Waals surface area contributed by atoms with Gasteiger partial charge in [0.05, 0.1) is 26.4 Å². The number of rotatable bonds is 10. The van der Waals surface area contributed by atoms with Gasteiger partial charge >= 0.3 is 0 Å². The number of halogens is 1. The van der Waals surface area contributed by atoms with E-state index in [2.05, 4.69) is 39.2 Å². The van der Waals surface area contributed by atoms with Crippen molar-refractivity contribution in [3.8, 4) is 11.5 Å². The lowest BCUT2D eigenvalue weighted by Crippen LogP contribution is -2.46. The minimum atomic E-state index is 0. The maximum atomic E-state index is 5.76. The van der Waals surface area contributed by atoms with Crippen molar-refractivity contribution in [3.63, 3.8) is 0 Å². The molecule has 0 saturated carbocycles. The van der Waals surface area contributed by atoms with Gasteiger partial charge in [-0.3, -0.25) is 9.89 Å². The molecule has 3 rings (SSSR count). The molecule has 1 aliphatic heterocycles. The summed E-state index contributed by atoms with van der Waals surface area (Å²) in [5, 5.41) is 6.90. The Morgan fingerprint density at radius 3 is 2.55 bits per heavy atom. The second-order valence-corrected chi connectivity index (χ2v) is 7.45. The van der Waals surface area contributed by atoms with Gasteiger partial charge in [0.2, 0.25) is 0 Å². The fourth-order valence-electron chi connectivity index (χ4n) is 3.71. The predicted molar refractivity (Wildman–Crippen MR) is 144 cm³/mol. The van der Waals surface area contributed by atoms with E-state index in [1.807, 2.05) is 36.4 Å². The number of nitrogens with zero attached hydrogens (tertiary/aromatic N) is 2. The molecular formula is C25H35IN4O3. The van der Waals surface area contributed by atoms with Crippen LogP contribution >= 0.6 is 24.0 Å². The average Bonchev–Trinajstić information content (AvgIpc) is 2.86. The lowest BCUT2D eigenvalue weighted by atomic mass is 10.0. The van der Waals surface area contributed by atoms with E-state index in [0.29, 0.717) is 13.2 Å². The zero-order valence-corrected chi connectivity index (χ0v) is 21.8. The van der Waals surface area contributed by atoms with Gasteiger partial charge in [-0.2, -0.15) is 0 Å². The molecule has 1 fully saturated rings. The second-order valence-electron chi connectivity index (χ2n) is 7.45. The summed E-state index contributed by atoms with van der Waals surface area (Å²) in [5.41, 5.74) is 2.30. The second kappa shape index (κ2) is 14.8. The third kappa shape index (κ3) is 8.21. The Balaban J connectivity index is 0.00000385. The predicted octanol–water partition coefficient (Wildman–Crippen LogP) is 3.62. The molecule has 180 valence electrons. The molecule has 0 spiro atoms. The van der Waals surface area contributed by atoms with Crippen LogP contribution in [0.4, 0.5) is 0 Å². The number of guanidine groups is 1. The highest BCUT2D eigenvalue weighted by atomic mass is 127. The van der Waals surface area contributed by atoms with E-state index in [1.165, 1.54) is 5.56 Å². The molecule has 0 aromatic heterocycles. The van der Waals surface area contributed by atoms with Crippen molar-refractivity contribution in [3.05, 3.63) is 72.3 Å². The number of ether oxygens (including phenoxy) is 3. The van der Waals surface area contributed by atoms with Gasteiger partial charge in [-0.1, -0.05) is 43.0 Å². The third-order valence-electron chi connectivity index (χ3n) is 5.45. The molecule has 0 aliphatic carbocycles. The maximum Gasteiger partial charge on any atom is 0.191 e. The summed E-state index contributed by atoms with van der Waals surface area (Å²) in [4.78, 5) is 6.86. The fourth-order valence-corrected chi connectivity index (χ4v) is 3.71. The van der Waals surface area contributed by atoms with Crippen LogP contribution in [0.2, 0.25) is 0 Å². The molecule has 1 aliphatic rings. The van der Waals surface area contributed by atoms with Gasteiger partial charge in [-0.15, -0.1) is 24.0 Å². The van der Waals surface area contributed by atoms with Crippen LogP contribution in [0.1, 0.15) is 17.2 Å². The molecule has 33 heavy (non-hydrogen) atoms. The molecule has 2 aromatic rings. The first-order valence-electron chi connectivity index (χ1n) is 11.0. The minimum absolute atomic E-state index is 0. The van der Waals surface area contributed by atoms with Gasteiger partial charge in [-0.25, -0.2) is 0 Å². The Bertz CT molecular complexity index is 870. The smallest absolute Gasteiger partial charge is 0.191 e. The summed E-state index contributed by atoms with van der Waals surface area (Å²) >= 11 is 0. The van der Waals surface area contributed by atoms with Crippen LogP contribution in [0.15, 0.2) is 66.2 Å². The Hall–Kier alpha value is -2.30. The summed E-state index contributed by atoms with van der Waals surface area (Å²) in [6.07, 6.45) is 1.75. The molecule has 0 radical (unpaired) electrons. The largest absolute Gasteiger partial charge is 0.497 e. The normalized spacial score (nSPS) is 15.2. The Morgan fingerprint density at radius 1 is 1.15 bits per heavy atom. The number of para-hydroxylation sites is 1. The van der Waals surface area contributed by atoms with Crippen molar-refractivity contribution in [1.82, 2.24) is 15.5 Å². The maximum absolute atomic E-state index is 5.76. The molecule has 1 heterocycles. The van der Waals surface area contributed by atoms with E-state index in [4.69, 9.17) is 14.2 Å². The number of nitrogens with one attached hydrogen (secondary N) is 2. The molecule has 0 bridgehead atoms. The molecule has 0 amide bonds. The Labute approximate surface area is 214 Å². The molecule has 2 aromatic carbocycles. The van der Waals surface area contributed by atoms with Crippen LogP contribution in [0.5, 0.6) is 11.5 Å². The van der Waals surface area contributed by atoms with E-state index >= 15 is 0 Å². The van der Waals surface area contributed by atoms with Crippen LogP contribution in [-0.4, -0.2) is 64.5 Å². The average molecular weight is 566 g/mol. The van der Waals surface area contributed by atoms with Crippen molar-refractivity contribution < 1.29 is 14.2 Å². The van der Waals surface area contributed by atoms with E-state index in [1.54, 1.807) is 20.2 Å². The highest BCUT2D eigenvalue weighted by Gasteiger charge is 2.23. The fraction of sp³-hybridized carbons (Fsp3) is 0.400. The van der Waals surface area contributed by atoms with Crippen LogP contribution in [0.3, 0.4) is 0 Å². The molecule has 7 nitrogen and oxygen atoms in total. The van der Waals surface area contributed by atoms with Gasteiger partial charge in [0, 0.05) is 38.8 Å². The number of aliphatic imine (C=N–C) groups is 1. The Morgan fingerprint density at radius 2 is 1.88 bits per heavy atom. The summed E-state index contributed by atoms with van der Waals surface area (Å²) in [7, 11) is 3.47. The lowest BCUT2D eigenvalue weighted by Gasteiger charge is -2.35. The van der Waals surface area contributed by atoms with Crippen molar-refractivity contribution >= 4 is 29.9 Å². The van der Waals surface area contributed by atoms with Crippen molar-refractivity contribution in [2.24, 2.45) is 4.99 Å². The lowest BCUT2D eigenvalue weighted by molar-refractivity contribution is 0.0170. The molecule has 1 saturated heterocycles. The van der Waals surface area contributed by atoms with Crippen LogP contribution in [0, 0.1) is 0 Å². The molecule has 1 unspecified atom stereocenters. The van der Waals surface area contributed by atoms with Crippen molar-refractivity contribution in [2.75, 3.05) is 53.6 Å². The first kappa shape index (κ1) is 26.9. The van der Waals surface area contributed by atoms with Crippen molar-refractivity contribution in [2.45, 2.75) is 12.6 Å². The van der Waals surface area contributed by atoms with Gasteiger partial charge < -0.3 is 24.8 Å². The van der Waals surface area contributed by atoms with Gasteiger partial charge in [0.1, 0.15) is 18.1 Å². The molecular weight excluding hydrogens is 531 g/mol. The Kier molecular flexibility index (Phi) is 12.1. The number of methoxy groups -OCH3 is 1. The molecule has 1 atom stereocenters. The van der Waals surface area contributed by atoms with E-state index in [-0.39, 0.29) is 30.0 Å². The van der Waals surface area contributed by atoms with Crippen molar-refractivity contribution in [1.29, 1.82) is 0 Å². The number of hydrogen-bond acceptors (Lipinski definition) is 5. The highest BCUT2D eigenvalue weighted by molar-refractivity contribution is 14.0. The molecule has 8 heteroatoms. The summed E-state index contributed by atoms with van der Waals surface area (Å²) in [6, 6.07) is 16.5. The van der Waals surface area contributed by atoms with Gasteiger partial charge in [0.25, 0.3) is 0 Å². The summed E-state index contributed by atoms with van der Waals surface area (Å²) in [5.74, 6) is 2.45. The number of benzene rings is 2. The topological polar surface area (TPSA) is 67.3 Å². The van der Waals surface area contributed by atoms with Gasteiger partial charge in [-0.05, 0) is 23.8 Å². The highest BCUT2D eigenvalue weighted by Crippen LogP contribution is 2.24. The SMILES string of the molecule is C=CCOc1ccccc1CNC(=NC)NCC(c1ccc(OC)cc1)N1CCOCC1.I. The zero-order chi connectivity index (χ0) is 22.6. The number of hydrogen-bond donors (Lipinski definition) is 2. The van der Waals surface area contributed by atoms with Gasteiger partial charge in [0.15, 0.2) is 5.96 Å². The monoisotopic (exact) mass is 566 g/mol. The van der Waals surface area contributed by atoms with E-state index in [0.717, 1.165) is 55.9 Å². The third-order valence-corrected chi connectivity index (χ3v) is 5.45. The summed E-state index contributed by atoms with van der Waals surface area (Å²) in [6.45, 7) is 8.83. The van der Waals surface area contributed by atoms with Crippen LogP contribution in [0.25, 0.3) is 0 Å². The quantitative estimate of drug-likeness (QED) is 0.198. The minimum Gasteiger partial charge on any atom is -0.497 e. The number of morpholine rings is 1. The standard InChI is InChI=1S/C25H34N4O3.HI/c1-4-15-32-24-8-6-5-7-21(24)18-27-25(26-2)28-19-23(29-13-16-31-17-14-29)20-9-11-22(30-3)12-10-20;/h4-12,23H,1,13-19H2,2-3H3,(H2,26,27,28);1H. The zero-order valence-electron chi connectivity index (χ0n) is 19.5. The van der Waals surface area contributed by atoms with Crippen LogP contribution in [-0.2, 0) is 11.3 Å². The van der Waals surface area contributed by atoms with E-state index < -0.39 is 0 Å². The van der Waals surface area contributed by atoms with Crippen LogP contribution < -0.4 is 20.1 Å². The van der Waals surface area contributed by atoms with E-state index in [9.17, 15) is 0 Å². The first-order chi connectivity index (χ1) is 15.7. The molecule has 2 N–H and O–H groups in total. The summed E-state index contributed by atoms with van der Waals surface area (Å²) < 4.78 is 16.6. The first-order valence-corrected chi connectivity index (χ1v) is 11.0.